The van der Waals surface area contributed by atoms with E-state index in [9.17, 15) is 23.5 Å². The highest BCUT2D eigenvalue weighted by Gasteiger charge is 2.43. The molecule has 154 valence electrons. The summed E-state index contributed by atoms with van der Waals surface area (Å²) in [6, 6.07) is 5.89. The third kappa shape index (κ3) is 3.89. The van der Waals surface area contributed by atoms with Crippen molar-refractivity contribution in [2.24, 2.45) is 0 Å². The molecule has 2 aromatic heterocycles. The van der Waals surface area contributed by atoms with Crippen LogP contribution in [0.3, 0.4) is 0 Å². The standard InChI is InChI=1S/C19H14F2N4O4S/c20-12-3-4-14(15(21)8-12)19(28,11-25-22-5-6-23-25)10-24-17(26)16(30-18(24)27)9-13-2-1-7-29-13/h1-9,28H,10-11H2/b16-9-. The third-order valence-electron chi connectivity index (χ3n) is 4.41. The van der Waals surface area contributed by atoms with Gasteiger partial charge in [0.1, 0.15) is 23.0 Å². The molecular weight excluding hydrogens is 418 g/mol. The lowest BCUT2D eigenvalue weighted by atomic mass is 9.92. The van der Waals surface area contributed by atoms with E-state index in [2.05, 4.69) is 10.2 Å². The summed E-state index contributed by atoms with van der Waals surface area (Å²) in [4.78, 5) is 27.2. The summed E-state index contributed by atoms with van der Waals surface area (Å²) in [6.07, 6.45) is 5.53. The molecule has 1 fully saturated rings. The Kier molecular flexibility index (Phi) is 5.22. The number of rotatable bonds is 6. The first-order chi connectivity index (χ1) is 14.4. The van der Waals surface area contributed by atoms with Gasteiger partial charge in [0.25, 0.3) is 11.1 Å². The van der Waals surface area contributed by atoms with Gasteiger partial charge in [0.15, 0.2) is 0 Å². The van der Waals surface area contributed by atoms with Crippen LogP contribution in [0.4, 0.5) is 13.6 Å². The van der Waals surface area contributed by atoms with Crippen molar-refractivity contribution in [1.29, 1.82) is 0 Å². The van der Waals surface area contributed by atoms with E-state index in [0.717, 1.165) is 21.8 Å². The number of aromatic nitrogens is 3. The molecule has 0 saturated carbocycles. The fourth-order valence-electron chi connectivity index (χ4n) is 3.05. The van der Waals surface area contributed by atoms with Crippen molar-refractivity contribution in [3.8, 4) is 0 Å². The maximum absolute atomic E-state index is 14.5. The Labute approximate surface area is 172 Å². The number of benzene rings is 1. The molecule has 0 bridgehead atoms. The first-order valence-corrected chi connectivity index (χ1v) is 9.48. The second kappa shape index (κ2) is 7.84. The predicted octanol–water partition coefficient (Wildman–Crippen LogP) is 2.77. The molecule has 1 aliphatic rings. The molecule has 3 aromatic rings. The van der Waals surface area contributed by atoms with Crippen molar-refractivity contribution in [1.82, 2.24) is 19.9 Å². The molecule has 1 saturated heterocycles. The van der Waals surface area contributed by atoms with E-state index in [0.29, 0.717) is 23.6 Å². The number of imide groups is 1. The maximum atomic E-state index is 14.5. The Hall–Kier alpha value is -3.31. The van der Waals surface area contributed by atoms with Gasteiger partial charge in [-0.3, -0.25) is 14.5 Å². The number of nitrogens with zero attached hydrogens (tertiary/aromatic N) is 4. The van der Waals surface area contributed by atoms with E-state index in [1.165, 1.54) is 24.7 Å². The van der Waals surface area contributed by atoms with Crippen molar-refractivity contribution in [2.45, 2.75) is 12.1 Å². The van der Waals surface area contributed by atoms with E-state index < -0.39 is 34.9 Å². The molecule has 4 rings (SSSR count). The highest BCUT2D eigenvalue weighted by molar-refractivity contribution is 8.18. The lowest BCUT2D eigenvalue weighted by molar-refractivity contribution is -0.126. The molecule has 0 radical (unpaired) electrons. The van der Waals surface area contributed by atoms with Gasteiger partial charge in [-0.05, 0) is 30.0 Å². The minimum Gasteiger partial charge on any atom is -0.465 e. The van der Waals surface area contributed by atoms with E-state index in [-0.39, 0.29) is 17.0 Å². The zero-order valence-corrected chi connectivity index (χ0v) is 16.1. The van der Waals surface area contributed by atoms with Gasteiger partial charge in [0.2, 0.25) is 0 Å². The first-order valence-electron chi connectivity index (χ1n) is 8.67. The summed E-state index contributed by atoms with van der Waals surface area (Å²) in [7, 11) is 0. The van der Waals surface area contributed by atoms with E-state index in [1.807, 2.05) is 0 Å². The van der Waals surface area contributed by atoms with Gasteiger partial charge >= 0.3 is 0 Å². The van der Waals surface area contributed by atoms with Gasteiger partial charge in [-0.2, -0.15) is 15.0 Å². The van der Waals surface area contributed by atoms with Crippen LogP contribution in [0.25, 0.3) is 6.08 Å². The number of β-amino-alcohol motifs (C(OH)–C–C–N with tert-alkyl or cyclic N) is 1. The van der Waals surface area contributed by atoms with Crippen LogP contribution in [0, 0.1) is 11.6 Å². The van der Waals surface area contributed by atoms with E-state index in [1.54, 1.807) is 12.1 Å². The Balaban J connectivity index is 1.68. The number of hydrogen-bond donors (Lipinski definition) is 1. The normalized spacial score (nSPS) is 17.7. The molecule has 0 spiro atoms. The first kappa shape index (κ1) is 20.0. The molecule has 1 aromatic carbocycles. The van der Waals surface area contributed by atoms with E-state index >= 15 is 0 Å². The van der Waals surface area contributed by atoms with Crippen molar-refractivity contribution in [3.05, 3.63) is 76.9 Å². The number of furan rings is 1. The summed E-state index contributed by atoms with van der Waals surface area (Å²) in [5.41, 5.74) is -2.40. The van der Waals surface area contributed by atoms with Crippen molar-refractivity contribution < 1.29 is 27.9 Å². The second-order valence-corrected chi connectivity index (χ2v) is 7.49. The van der Waals surface area contributed by atoms with Crippen LogP contribution in [0.15, 0.2) is 58.3 Å². The van der Waals surface area contributed by atoms with Crippen LogP contribution >= 0.6 is 11.8 Å². The van der Waals surface area contributed by atoms with Gasteiger partial charge in [0.05, 0.1) is 36.7 Å². The van der Waals surface area contributed by atoms with Crippen LogP contribution < -0.4 is 0 Å². The Morgan fingerprint density at radius 1 is 1.17 bits per heavy atom. The van der Waals surface area contributed by atoms with Crippen LogP contribution in [0.5, 0.6) is 0 Å². The lowest BCUT2D eigenvalue weighted by Crippen LogP contribution is -2.46. The van der Waals surface area contributed by atoms with Crippen molar-refractivity contribution in [3.63, 3.8) is 0 Å². The van der Waals surface area contributed by atoms with Gasteiger partial charge < -0.3 is 9.52 Å². The number of aliphatic hydroxyl groups is 1. The van der Waals surface area contributed by atoms with Gasteiger partial charge in [-0.25, -0.2) is 8.78 Å². The minimum absolute atomic E-state index is 0.0918. The lowest BCUT2D eigenvalue weighted by Gasteiger charge is -2.31. The summed E-state index contributed by atoms with van der Waals surface area (Å²) in [5, 5.41) is 18.4. The molecule has 1 N–H and O–H groups in total. The van der Waals surface area contributed by atoms with Gasteiger partial charge in [0, 0.05) is 17.7 Å². The fourth-order valence-corrected chi connectivity index (χ4v) is 3.87. The average Bonchev–Trinajstić information content (AvgIpc) is 3.43. The Bertz CT molecular complexity index is 1120. The highest BCUT2D eigenvalue weighted by atomic mass is 32.2. The predicted molar refractivity (Wildman–Crippen MR) is 102 cm³/mol. The highest BCUT2D eigenvalue weighted by Crippen LogP contribution is 2.36. The molecule has 11 heteroatoms. The third-order valence-corrected chi connectivity index (χ3v) is 5.32. The zero-order chi connectivity index (χ0) is 21.3. The number of carbonyl (C=O) groups is 2. The van der Waals surface area contributed by atoms with Crippen molar-refractivity contribution >= 4 is 29.0 Å². The second-order valence-electron chi connectivity index (χ2n) is 6.50. The summed E-state index contributed by atoms with van der Waals surface area (Å²) in [5.74, 6) is -2.15. The largest absolute Gasteiger partial charge is 0.465 e. The Morgan fingerprint density at radius 2 is 1.93 bits per heavy atom. The number of thioether (sulfide) groups is 1. The molecule has 1 aliphatic heterocycles. The molecule has 2 amide bonds. The summed E-state index contributed by atoms with van der Waals surface area (Å²) in [6.45, 7) is -0.960. The number of hydrogen-bond acceptors (Lipinski definition) is 7. The molecular formula is C19H14F2N4O4S. The minimum atomic E-state index is -2.11. The van der Waals surface area contributed by atoms with Crippen LogP contribution in [-0.4, -0.2) is 42.7 Å². The average molecular weight is 432 g/mol. The number of carbonyl (C=O) groups excluding carboxylic acids is 2. The van der Waals surface area contributed by atoms with Gasteiger partial charge in [-0.1, -0.05) is 6.07 Å². The molecule has 1 unspecified atom stereocenters. The Morgan fingerprint density at radius 3 is 2.60 bits per heavy atom. The quantitative estimate of drug-likeness (QED) is 0.598. The van der Waals surface area contributed by atoms with E-state index in [4.69, 9.17) is 4.42 Å². The molecule has 0 aliphatic carbocycles. The maximum Gasteiger partial charge on any atom is 0.293 e. The summed E-state index contributed by atoms with van der Waals surface area (Å²) < 4.78 is 33.0. The SMILES string of the molecule is O=C1S/C(=C\c2ccco2)C(=O)N1CC(O)(Cn1nccn1)c1ccc(F)cc1F. The van der Waals surface area contributed by atoms with Crippen LogP contribution in [0.1, 0.15) is 11.3 Å². The number of amides is 2. The molecule has 30 heavy (non-hydrogen) atoms. The van der Waals surface area contributed by atoms with Crippen LogP contribution in [-0.2, 0) is 16.9 Å². The molecule has 3 heterocycles. The smallest absolute Gasteiger partial charge is 0.293 e. The molecule has 1 atom stereocenters. The fraction of sp³-hybridized carbons (Fsp3) is 0.158. The van der Waals surface area contributed by atoms with Crippen LogP contribution in [0.2, 0.25) is 0 Å². The molecule has 8 nitrogen and oxygen atoms in total. The topological polar surface area (TPSA) is 101 Å². The van der Waals surface area contributed by atoms with Gasteiger partial charge in [-0.15, -0.1) is 0 Å². The van der Waals surface area contributed by atoms with Crippen molar-refractivity contribution in [2.75, 3.05) is 6.54 Å². The monoisotopic (exact) mass is 432 g/mol. The zero-order valence-electron chi connectivity index (χ0n) is 15.2. The number of halogens is 2. The summed E-state index contributed by atoms with van der Waals surface area (Å²) >= 11 is 0.666.